The molecule has 0 unspecified atom stereocenters. The fourth-order valence-corrected chi connectivity index (χ4v) is 0.966. The van der Waals surface area contributed by atoms with Crippen LogP contribution >= 0.6 is 0 Å². The predicted octanol–water partition coefficient (Wildman–Crippen LogP) is -0.0279. The topological polar surface area (TPSA) is 56.0 Å². The Balaban J connectivity index is 2.19. The van der Waals surface area contributed by atoms with E-state index in [9.17, 15) is 5.11 Å². The molecule has 9 heavy (non-hydrogen) atoms. The van der Waals surface area contributed by atoms with Crippen LogP contribution in [-0.4, -0.2) is 17.3 Å². The monoisotopic (exact) mass is 126 g/mol. The van der Waals surface area contributed by atoms with Gasteiger partial charge < -0.3 is 10.4 Å². The van der Waals surface area contributed by atoms with E-state index < -0.39 is 5.60 Å². The molecule has 1 saturated carbocycles. The summed E-state index contributed by atoms with van der Waals surface area (Å²) in [6.07, 6.45) is 4.54. The summed E-state index contributed by atoms with van der Waals surface area (Å²) >= 11 is 0. The Morgan fingerprint density at radius 2 is 2.33 bits per heavy atom. The van der Waals surface area contributed by atoms with Gasteiger partial charge in [-0.05, 0) is 19.3 Å². The van der Waals surface area contributed by atoms with Crippen LogP contribution in [0.4, 0.5) is 0 Å². The number of hydrogen-bond acceptors (Lipinski definition) is 3. The van der Waals surface area contributed by atoms with E-state index in [4.69, 9.17) is 5.26 Å². The molecule has 1 fully saturated rings. The third-order valence-corrected chi connectivity index (χ3v) is 1.78. The van der Waals surface area contributed by atoms with Gasteiger partial charge in [0.2, 0.25) is 0 Å². The minimum absolute atomic E-state index is 0.420. The summed E-state index contributed by atoms with van der Waals surface area (Å²) in [5, 5.41) is 19.9. The summed E-state index contributed by atoms with van der Waals surface area (Å²) in [4.78, 5) is 0. The van der Waals surface area contributed by atoms with Crippen molar-refractivity contribution >= 4 is 0 Å². The van der Waals surface area contributed by atoms with Gasteiger partial charge in [0.25, 0.3) is 0 Å². The van der Waals surface area contributed by atoms with Gasteiger partial charge in [0.15, 0.2) is 6.19 Å². The molecule has 50 valence electrons. The second-order valence-electron chi connectivity index (χ2n) is 2.54. The van der Waals surface area contributed by atoms with E-state index in [-0.39, 0.29) is 0 Å². The summed E-state index contributed by atoms with van der Waals surface area (Å²) in [6.45, 7) is 0.420. The molecule has 0 aromatic rings. The average molecular weight is 126 g/mol. The van der Waals surface area contributed by atoms with Crippen molar-refractivity contribution in [3.8, 4) is 6.19 Å². The van der Waals surface area contributed by atoms with Crippen LogP contribution in [0.2, 0.25) is 0 Å². The zero-order chi connectivity index (χ0) is 6.74. The third-order valence-electron chi connectivity index (χ3n) is 1.78. The largest absolute Gasteiger partial charge is 0.388 e. The lowest BCUT2D eigenvalue weighted by molar-refractivity contribution is -0.0283. The third kappa shape index (κ3) is 1.33. The molecule has 0 aromatic carbocycles. The summed E-state index contributed by atoms with van der Waals surface area (Å²) in [5.41, 5.74) is -0.560. The van der Waals surface area contributed by atoms with Crippen LogP contribution in [0, 0.1) is 11.5 Å². The molecule has 2 N–H and O–H groups in total. The molecule has 1 aliphatic rings. The molecular weight excluding hydrogens is 116 g/mol. The minimum atomic E-state index is -0.560. The SMILES string of the molecule is N#CNCC1(O)CCC1. The van der Waals surface area contributed by atoms with E-state index in [1.165, 1.54) is 0 Å². The minimum Gasteiger partial charge on any atom is -0.388 e. The van der Waals surface area contributed by atoms with Crippen molar-refractivity contribution in [3.05, 3.63) is 0 Å². The molecule has 3 nitrogen and oxygen atoms in total. The van der Waals surface area contributed by atoms with Gasteiger partial charge in [-0.15, -0.1) is 0 Å². The van der Waals surface area contributed by atoms with Crippen molar-refractivity contribution in [2.75, 3.05) is 6.54 Å². The Morgan fingerprint density at radius 3 is 2.67 bits per heavy atom. The Morgan fingerprint density at radius 1 is 1.67 bits per heavy atom. The number of nitrogens with one attached hydrogen (secondary N) is 1. The van der Waals surface area contributed by atoms with Gasteiger partial charge in [-0.25, -0.2) is 0 Å². The van der Waals surface area contributed by atoms with Gasteiger partial charge in [-0.1, -0.05) is 0 Å². The predicted molar refractivity (Wildman–Crippen MR) is 32.4 cm³/mol. The van der Waals surface area contributed by atoms with Crippen LogP contribution in [0.1, 0.15) is 19.3 Å². The quantitative estimate of drug-likeness (QED) is 0.403. The molecule has 0 heterocycles. The second-order valence-corrected chi connectivity index (χ2v) is 2.54. The highest BCUT2D eigenvalue weighted by atomic mass is 16.3. The van der Waals surface area contributed by atoms with E-state index in [1.807, 2.05) is 0 Å². The van der Waals surface area contributed by atoms with Gasteiger partial charge in [-0.3, -0.25) is 0 Å². The van der Waals surface area contributed by atoms with Crippen molar-refractivity contribution in [2.24, 2.45) is 0 Å². The number of aliphatic hydroxyl groups is 1. The molecule has 0 atom stereocenters. The first kappa shape index (κ1) is 6.37. The fourth-order valence-electron chi connectivity index (χ4n) is 0.966. The molecule has 1 aliphatic carbocycles. The van der Waals surface area contributed by atoms with E-state index in [1.54, 1.807) is 6.19 Å². The van der Waals surface area contributed by atoms with E-state index >= 15 is 0 Å². The first-order valence-corrected chi connectivity index (χ1v) is 3.11. The zero-order valence-corrected chi connectivity index (χ0v) is 5.22. The van der Waals surface area contributed by atoms with E-state index in [0.717, 1.165) is 19.3 Å². The van der Waals surface area contributed by atoms with Crippen LogP contribution in [0.25, 0.3) is 0 Å². The molecule has 0 bridgehead atoms. The molecule has 3 heteroatoms. The normalized spacial score (nSPS) is 21.8. The lowest BCUT2D eigenvalue weighted by Crippen LogP contribution is -2.44. The molecule has 0 amide bonds. The van der Waals surface area contributed by atoms with Gasteiger partial charge in [0.1, 0.15) is 0 Å². The van der Waals surface area contributed by atoms with Crippen LogP contribution < -0.4 is 5.32 Å². The maximum Gasteiger partial charge on any atom is 0.176 e. The van der Waals surface area contributed by atoms with Crippen LogP contribution in [-0.2, 0) is 0 Å². The molecule has 0 aromatic heterocycles. The maximum atomic E-state index is 9.33. The Hall–Kier alpha value is -0.750. The highest BCUT2D eigenvalue weighted by molar-refractivity contribution is 4.91. The Labute approximate surface area is 54.3 Å². The van der Waals surface area contributed by atoms with Crippen molar-refractivity contribution in [1.82, 2.24) is 5.32 Å². The highest BCUT2D eigenvalue weighted by Gasteiger charge is 2.33. The zero-order valence-electron chi connectivity index (χ0n) is 5.22. The summed E-state index contributed by atoms with van der Waals surface area (Å²) < 4.78 is 0. The fraction of sp³-hybridized carbons (Fsp3) is 0.833. The number of nitrogens with zero attached hydrogens (tertiary/aromatic N) is 1. The lowest BCUT2D eigenvalue weighted by atomic mass is 9.80. The maximum absolute atomic E-state index is 9.33. The Bertz CT molecular complexity index is 134. The summed E-state index contributed by atoms with van der Waals surface area (Å²) in [7, 11) is 0. The van der Waals surface area contributed by atoms with Gasteiger partial charge in [0, 0.05) is 0 Å². The van der Waals surface area contributed by atoms with Gasteiger partial charge in [0.05, 0.1) is 12.1 Å². The smallest absolute Gasteiger partial charge is 0.176 e. The molecule has 0 aliphatic heterocycles. The standard InChI is InChI=1S/C6H10N2O/c7-5-8-4-6(9)2-1-3-6/h8-9H,1-4H2. The van der Waals surface area contributed by atoms with E-state index in [0.29, 0.717) is 6.54 Å². The van der Waals surface area contributed by atoms with Crippen molar-refractivity contribution < 1.29 is 5.11 Å². The number of hydrogen-bond donors (Lipinski definition) is 2. The Kier molecular flexibility index (Phi) is 1.58. The van der Waals surface area contributed by atoms with Gasteiger partial charge >= 0.3 is 0 Å². The van der Waals surface area contributed by atoms with Crippen molar-refractivity contribution in [1.29, 1.82) is 5.26 Å². The molecule has 1 rings (SSSR count). The highest BCUT2D eigenvalue weighted by Crippen LogP contribution is 2.30. The van der Waals surface area contributed by atoms with Crippen LogP contribution in [0.5, 0.6) is 0 Å². The lowest BCUT2D eigenvalue weighted by Gasteiger charge is -2.35. The number of nitriles is 1. The summed E-state index contributed by atoms with van der Waals surface area (Å²) in [5.74, 6) is 0. The molecule has 0 spiro atoms. The van der Waals surface area contributed by atoms with E-state index in [2.05, 4.69) is 5.32 Å². The van der Waals surface area contributed by atoms with Crippen LogP contribution in [0.15, 0.2) is 0 Å². The number of rotatable bonds is 2. The average Bonchev–Trinajstić information content (AvgIpc) is 1.79. The summed E-state index contributed by atoms with van der Waals surface area (Å²) in [6, 6.07) is 0. The first-order chi connectivity index (χ1) is 4.27. The second kappa shape index (κ2) is 2.24. The van der Waals surface area contributed by atoms with Gasteiger partial charge in [-0.2, -0.15) is 5.26 Å². The van der Waals surface area contributed by atoms with Crippen molar-refractivity contribution in [3.63, 3.8) is 0 Å². The molecule has 0 saturated heterocycles. The molecule has 0 radical (unpaired) electrons. The van der Waals surface area contributed by atoms with Crippen molar-refractivity contribution in [2.45, 2.75) is 24.9 Å². The first-order valence-electron chi connectivity index (χ1n) is 3.11. The molecular formula is C6H10N2O. The van der Waals surface area contributed by atoms with Crippen LogP contribution in [0.3, 0.4) is 0 Å².